The third kappa shape index (κ3) is 2.77. The van der Waals surface area contributed by atoms with Crippen molar-refractivity contribution in [3.05, 3.63) is 78.0 Å². The molecule has 2 bridgehead atoms. The van der Waals surface area contributed by atoms with Crippen molar-refractivity contribution in [1.82, 2.24) is 9.47 Å². The lowest BCUT2D eigenvalue weighted by molar-refractivity contribution is -0.0402. The lowest BCUT2D eigenvalue weighted by Gasteiger charge is -2.45. The van der Waals surface area contributed by atoms with Crippen LogP contribution in [0.15, 0.2) is 66.9 Å². The van der Waals surface area contributed by atoms with E-state index < -0.39 is 0 Å². The molecule has 1 fully saturated rings. The first-order chi connectivity index (χ1) is 12.8. The predicted octanol–water partition coefficient (Wildman–Crippen LogP) is 4.24. The number of fused-ring (bicyclic) bond motifs is 3. The van der Waals surface area contributed by atoms with Gasteiger partial charge in [0.25, 0.3) is 0 Å². The summed E-state index contributed by atoms with van der Waals surface area (Å²) in [5, 5.41) is 1.32. The van der Waals surface area contributed by atoms with Gasteiger partial charge in [0.15, 0.2) is 0 Å². The van der Waals surface area contributed by atoms with Gasteiger partial charge in [-0.1, -0.05) is 42.5 Å². The lowest BCUT2D eigenvalue weighted by atomic mass is 9.89. The summed E-state index contributed by atoms with van der Waals surface area (Å²) in [5.41, 5.74) is 5.50. The first-order valence-corrected chi connectivity index (χ1v) is 9.41. The molecular formula is C23H24N2O. The zero-order valence-corrected chi connectivity index (χ0v) is 15.1. The maximum atomic E-state index is 5.87. The number of aromatic nitrogens is 1. The highest BCUT2D eigenvalue weighted by Gasteiger charge is 2.34. The molecule has 0 aliphatic carbocycles. The van der Waals surface area contributed by atoms with Gasteiger partial charge in [0.05, 0.1) is 19.3 Å². The van der Waals surface area contributed by atoms with Crippen LogP contribution in [0.25, 0.3) is 16.5 Å². The second-order valence-electron chi connectivity index (χ2n) is 7.51. The van der Waals surface area contributed by atoms with E-state index in [4.69, 9.17) is 4.74 Å². The average Bonchev–Trinajstić information content (AvgIpc) is 3.03. The molecule has 2 aliphatic rings. The topological polar surface area (TPSA) is 17.4 Å². The number of ether oxygens (including phenoxy) is 1. The Hall–Kier alpha value is -2.36. The minimum atomic E-state index is 0.365. The summed E-state index contributed by atoms with van der Waals surface area (Å²) in [5.74, 6) is 0. The Morgan fingerprint density at radius 2 is 1.92 bits per heavy atom. The Kier molecular flexibility index (Phi) is 3.92. The van der Waals surface area contributed by atoms with Gasteiger partial charge in [-0.15, -0.1) is 0 Å². The number of aryl methyl sites for hydroxylation is 1. The molecule has 2 unspecified atom stereocenters. The molecule has 5 rings (SSSR count). The van der Waals surface area contributed by atoms with Gasteiger partial charge in [-0.25, -0.2) is 0 Å². The molecule has 132 valence electrons. The van der Waals surface area contributed by atoms with Gasteiger partial charge in [-0.2, -0.15) is 0 Å². The number of hydrogen-bond donors (Lipinski definition) is 0. The molecule has 26 heavy (non-hydrogen) atoms. The molecule has 0 N–H and O–H groups in total. The third-order valence-corrected chi connectivity index (χ3v) is 5.81. The SMILES string of the molecule is Cn1ccc2cc(C3=CC4COCC(C3)N4Cc3ccccc3)ccc21. The molecule has 2 atom stereocenters. The van der Waals surface area contributed by atoms with Gasteiger partial charge in [0.2, 0.25) is 0 Å². The first kappa shape index (κ1) is 15.9. The van der Waals surface area contributed by atoms with E-state index in [1.807, 2.05) is 0 Å². The van der Waals surface area contributed by atoms with Crippen molar-refractivity contribution in [2.75, 3.05) is 13.2 Å². The van der Waals surface area contributed by atoms with Crippen LogP contribution in [0.5, 0.6) is 0 Å². The summed E-state index contributed by atoms with van der Waals surface area (Å²) in [6, 6.07) is 20.7. The van der Waals surface area contributed by atoms with Crippen LogP contribution in [0.1, 0.15) is 17.5 Å². The number of hydrogen-bond acceptors (Lipinski definition) is 2. The quantitative estimate of drug-likeness (QED) is 0.707. The van der Waals surface area contributed by atoms with E-state index in [0.717, 1.165) is 26.2 Å². The fourth-order valence-corrected chi connectivity index (χ4v) is 4.40. The fourth-order valence-electron chi connectivity index (χ4n) is 4.40. The molecule has 3 heteroatoms. The Morgan fingerprint density at radius 1 is 1.04 bits per heavy atom. The average molecular weight is 344 g/mol. The Labute approximate surface area is 154 Å². The summed E-state index contributed by atoms with van der Waals surface area (Å²) in [7, 11) is 2.10. The van der Waals surface area contributed by atoms with E-state index in [-0.39, 0.29) is 0 Å². The van der Waals surface area contributed by atoms with Crippen molar-refractivity contribution in [1.29, 1.82) is 0 Å². The summed E-state index contributed by atoms with van der Waals surface area (Å²) in [6.07, 6.45) is 5.62. The van der Waals surface area contributed by atoms with E-state index in [1.54, 1.807) is 0 Å². The van der Waals surface area contributed by atoms with Crippen LogP contribution in [0.3, 0.4) is 0 Å². The summed E-state index contributed by atoms with van der Waals surface area (Å²) in [6.45, 7) is 2.62. The van der Waals surface area contributed by atoms with Crippen LogP contribution in [0.2, 0.25) is 0 Å². The fraction of sp³-hybridized carbons (Fsp3) is 0.304. The van der Waals surface area contributed by atoms with Crippen molar-refractivity contribution in [3.8, 4) is 0 Å². The van der Waals surface area contributed by atoms with Gasteiger partial charge in [-0.3, -0.25) is 4.90 Å². The van der Waals surface area contributed by atoms with Gasteiger partial charge >= 0.3 is 0 Å². The molecule has 2 aliphatic heterocycles. The molecule has 3 heterocycles. The van der Waals surface area contributed by atoms with E-state index >= 15 is 0 Å². The molecule has 1 saturated heterocycles. The van der Waals surface area contributed by atoms with Gasteiger partial charge < -0.3 is 9.30 Å². The van der Waals surface area contributed by atoms with Gasteiger partial charge in [0, 0.05) is 36.7 Å². The third-order valence-electron chi connectivity index (χ3n) is 5.81. The smallest absolute Gasteiger partial charge is 0.0658 e. The summed E-state index contributed by atoms with van der Waals surface area (Å²) < 4.78 is 8.05. The van der Waals surface area contributed by atoms with E-state index in [9.17, 15) is 0 Å². The van der Waals surface area contributed by atoms with Crippen LogP contribution in [0.4, 0.5) is 0 Å². The number of rotatable bonds is 3. The molecular weight excluding hydrogens is 320 g/mol. The van der Waals surface area contributed by atoms with Crippen LogP contribution < -0.4 is 0 Å². The zero-order chi connectivity index (χ0) is 17.5. The number of benzene rings is 2. The van der Waals surface area contributed by atoms with Gasteiger partial charge in [0.1, 0.15) is 0 Å². The van der Waals surface area contributed by atoms with Crippen molar-refractivity contribution >= 4 is 16.5 Å². The highest BCUT2D eigenvalue weighted by molar-refractivity contribution is 5.85. The normalized spacial score (nSPS) is 23.2. The molecule has 3 aromatic rings. The maximum absolute atomic E-state index is 5.87. The van der Waals surface area contributed by atoms with E-state index in [2.05, 4.69) is 83.4 Å². The second-order valence-corrected chi connectivity index (χ2v) is 7.51. The minimum absolute atomic E-state index is 0.365. The summed E-state index contributed by atoms with van der Waals surface area (Å²) in [4.78, 5) is 2.61. The number of nitrogens with zero attached hydrogens (tertiary/aromatic N) is 2. The highest BCUT2D eigenvalue weighted by Crippen LogP contribution is 2.34. The maximum Gasteiger partial charge on any atom is 0.0658 e. The van der Waals surface area contributed by atoms with E-state index in [0.29, 0.717) is 12.1 Å². The van der Waals surface area contributed by atoms with Crippen LogP contribution >= 0.6 is 0 Å². The molecule has 0 spiro atoms. The second kappa shape index (κ2) is 6.42. The molecule has 0 saturated carbocycles. The summed E-state index contributed by atoms with van der Waals surface area (Å²) >= 11 is 0. The van der Waals surface area contributed by atoms with Crippen molar-refractivity contribution in [2.45, 2.75) is 25.0 Å². The van der Waals surface area contributed by atoms with E-state index in [1.165, 1.54) is 27.6 Å². The Bertz CT molecular complexity index is 957. The van der Waals surface area contributed by atoms with Crippen LogP contribution in [-0.4, -0.2) is 34.8 Å². The standard InChI is InChI=1S/C23H24N2O/c1-24-10-9-19-11-18(7-8-23(19)24)20-12-21-15-26-16-22(13-20)25(21)14-17-5-3-2-4-6-17/h2-12,21-22H,13-16H2,1H3. The van der Waals surface area contributed by atoms with Crippen LogP contribution in [-0.2, 0) is 18.3 Å². The number of morpholine rings is 1. The molecule has 0 radical (unpaired) electrons. The molecule has 1 aromatic heterocycles. The molecule has 0 amide bonds. The zero-order valence-electron chi connectivity index (χ0n) is 15.1. The van der Waals surface area contributed by atoms with Crippen molar-refractivity contribution in [3.63, 3.8) is 0 Å². The lowest BCUT2D eigenvalue weighted by Crippen LogP contribution is -2.53. The van der Waals surface area contributed by atoms with Crippen molar-refractivity contribution < 1.29 is 4.74 Å². The Morgan fingerprint density at radius 3 is 2.77 bits per heavy atom. The molecule has 2 aromatic carbocycles. The largest absolute Gasteiger partial charge is 0.378 e. The van der Waals surface area contributed by atoms with Crippen LogP contribution in [0, 0.1) is 0 Å². The monoisotopic (exact) mass is 344 g/mol. The van der Waals surface area contributed by atoms with Gasteiger partial charge in [-0.05, 0) is 41.3 Å². The predicted molar refractivity (Wildman–Crippen MR) is 106 cm³/mol. The first-order valence-electron chi connectivity index (χ1n) is 9.41. The minimum Gasteiger partial charge on any atom is -0.378 e. The highest BCUT2D eigenvalue weighted by atomic mass is 16.5. The van der Waals surface area contributed by atoms with Crippen molar-refractivity contribution in [2.24, 2.45) is 7.05 Å². The Balaban J connectivity index is 1.45. The molecule has 3 nitrogen and oxygen atoms in total.